The maximum Gasteiger partial charge on any atom is 0.272 e. The highest BCUT2D eigenvalue weighted by atomic mass is 35.5. The molecular formula is C19H16ClN3O3. The zero-order valence-electron chi connectivity index (χ0n) is 13.7. The number of hydrogen-bond acceptors (Lipinski definition) is 4. The Morgan fingerprint density at radius 2 is 1.92 bits per heavy atom. The van der Waals surface area contributed by atoms with Crippen molar-refractivity contribution < 1.29 is 14.6 Å². The summed E-state index contributed by atoms with van der Waals surface area (Å²) in [7, 11) is 0. The van der Waals surface area contributed by atoms with Crippen molar-refractivity contribution in [1.82, 2.24) is 15.1 Å². The number of phenolic OH excluding ortho intramolecular Hbond substituents is 1. The minimum atomic E-state index is -0.124. The van der Waals surface area contributed by atoms with Gasteiger partial charge in [-0.1, -0.05) is 23.7 Å². The first-order valence-corrected chi connectivity index (χ1v) is 8.53. The molecule has 4 rings (SSSR count). The Balaban J connectivity index is 1.38. The third-order valence-corrected chi connectivity index (χ3v) is 4.55. The van der Waals surface area contributed by atoms with E-state index in [1.807, 2.05) is 18.2 Å². The summed E-state index contributed by atoms with van der Waals surface area (Å²) in [5.74, 6) is 0.690. The second-order valence-corrected chi connectivity index (χ2v) is 6.50. The molecule has 1 aliphatic heterocycles. The normalized spacial score (nSPS) is 14.1. The summed E-state index contributed by atoms with van der Waals surface area (Å²) in [6, 6.07) is 15.6. The number of amides is 1. The fraction of sp³-hybridized carbons (Fsp3) is 0.158. The number of para-hydroxylation sites is 1. The highest BCUT2D eigenvalue weighted by Gasteiger charge is 2.34. The van der Waals surface area contributed by atoms with Crippen LogP contribution in [0.1, 0.15) is 10.5 Å². The molecule has 0 aliphatic carbocycles. The Kier molecular flexibility index (Phi) is 4.26. The number of rotatable bonds is 4. The average Bonchev–Trinajstić information content (AvgIpc) is 3.09. The number of aromatic amines is 1. The first-order valence-electron chi connectivity index (χ1n) is 8.15. The topological polar surface area (TPSA) is 78.4 Å². The minimum absolute atomic E-state index is 0.0710. The lowest BCUT2D eigenvalue weighted by atomic mass is 10.1. The van der Waals surface area contributed by atoms with Crippen molar-refractivity contribution in [1.29, 1.82) is 0 Å². The summed E-state index contributed by atoms with van der Waals surface area (Å²) in [6.07, 6.45) is -0.0710. The molecule has 2 aromatic carbocycles. The van der Waals surface area contributed by atoms with E-state index in [-0.39, 0.29) is 17.8 Å². The van der Waals surface area contributed by atoms with Crippen LogP contribution in [0.25, 0.3) is 11.3 Å². The molecule has 2 N–H and O–H groups in total. The highest BCUT2D eigenvalue weighted by Crippen LogP contribution is 2.27. The van der Waals surface area contributed by atoms with E-state index in [0.717, 1.165) is 5.56 Å². The number of aromatic nitrogens is 2. The molecule has 7 heteroatoms. The molecule has 1 aliphatic rings. The van der Waals surface area contributed by atoms with Gasteiger partial charge in [-0.05, 0) is 42.5 Å². The second-order valence-electron chi connectivity index (χ2n) is 6.09. The third kappa shape index (κ3) is 3.23. The number of aromatic hydroxyl groups is 1. The number of benzene rings is 2. The number of carbonyl (C=O) groups is 1. The molecule has 132 valence electrons. The van der Waals surface area contributed by atoms with E-state index in [4.69, 9.17) is 16.3 Å². The number of phenols is 1. The largest absolute Gasteiger partial charge is 0.508 e. The van der Waals surface area contributed by atoms with Crippen LogP contribution in [-0.2, 0) is 0 Å². The fourth-order valence-electron chi connectivity index (χ4n) is 2.78. The smallest absolute Gasteiger partial charge is 0.272 e. The minimum Gasteiger partial charge on any atom is -0.508 e. The van der Waals surface area contributed by atoms with Gasteiger partial charge >= 0.3 is 0 Å². The molecule has 2 heterocycles. The van der Waals surface area contributed by atoms with Crippen molar-refractivity contribution in [2.45, 2.75) is 6.10 Å². The van der Waals surface area contributed by atoms with E-state index in [1.54, 1.807) is 41.3 Å². The summed E-state index contributed by atoms with van der Waals surface area (Å²) in [5.41, 5.74) is 1.89. The maximum atomic E-state index is 12.5. The van der Waals surface area contributed by atoms with Gasteiger partial charge in [0, 0.05) is 5.56 Å². The van der Waals surface area contributed by atoms with Crippen LogP contribution >= 0.6 is 11.6 Å². The van der Waals surface area contributed by atoms with E-state index >= 15 is 0 Å². The summed E-state index contributed by atoms with van der Waals surface area (Å²) >= 11 is 6.08. The molecule has 1 fully saturated rings. The van der Waals surface area contributed by atoms with E-state index in [1.165, 1.54) is 0 Å². The van der Waals surface area contributed by atoms with Crippen LogP contribution in [-0.4, -0.2) is 45.3 Å². The van der Waals surface area contributed by atoms with Crippen LogP contribution in [0.4, 0.5) is 0 Å². The lowest BCUT2D eigenvalue weighted by Gasteiger charge is -2.38. The summed E-state index contributed by atoms with van der Waals surface area (Å²) in [5, 5.41) is 16.9. The molecule has 1 saturated heterocycles. The molecule has 26 heavy (non-hydrogen) atoms. The van der Waals surface area contributed by atoms with Gasteiger partial charge in [0.25, 0.3) is 5.91 Å². The molecule has 0 radical (unpaired) electrons. The molecular weight excluding hydrogens is 354 g/mol. The predicted octanol–water partition coefficient (Wildman–Crippen LogP) is 3.34. The van der Waals surface area contributed by atoms with Crippen molar-refractivity contribution >= 4 is 17.5 Å². The van der Waals surface area contributed by atoms with Crippen LogP contribution in [0.15, 0.2) is 54.6 Å². The van der Waals surface area contributed by atoms with Crippen LogP contribution < -0.4 is 4.74 Å². The van der Waals surface area contributed by atoms with Gasteiger partial charge in [0.05, 0.1) is 23.8 Å². The Hall–Kier alpha value is -2.99. The molecule has 1 aromatic heterocycles. The first-order chi connectivity index (χ1) is 12.6. The number of hydrogen-bond donors (Lipinski definition) is 2. The molecule has 0 atom stereocenters. The van der Waals surface area contributed by atoms with E-state index in [0.29, 0.717) is 35.2 Å². The Bertz CT molecular complexity index is 933. The molecule has 0 unspecified atom stereocenters. The molecule has 1 amide bonds. The van der Waals surface area contributed by atoms with E-state index in [2.05, 4.69) is 10.2 Å². The lowest BCUT2D eigenvalue weighted by molar-refractivity contribution is 0.0174. The van der Waals surface area contributed by atoms with Crippen molar-refractivity contribution in [3.63, 3.8) is 0 Å². The number of halogens is 1. The van der Waals surface area contributed by atoms with Crippen LogP contribution in [0.5, 0.6) is 11.5 Å². The summed E-state index contributed by atoms with van der Waals surface area (Å²) in [4.78, 5) is 14.2. The first kappa shape index (κ1) is 16.5. The molecule has 0 bridgehead atoms. The Labute approximate surface area is 155 Å². The number of H-pyrrole nitrogens is 1. The number of likely N-dealkylation sites (tertiary alicyclic amines) is 1. The van der Waals surface area contributed by atoms with Crippen molar-refractivity contribution in [2.75, 3.05) is 13.1 Å². The zero-order valence-corrected chi connectivity index (χ0v) is 14.5. The van der Waals surface area contributed by atoms with Gasteiger partial charge in [0.1, 0.15) is 23.3 Å². The lowest BCUT2D eigenvalue weighted by Crippen LogP contribution is -2.56. The molecule has 0 spiro atoms. The standard InChI is InChI=1S/C19H16ClN3O3/c20-15-3-1-2-4-18(15)26-14-10-23(11-14)19(25)17-9-16(21-22-17)12-5-7-13(24)8-6-12/h1-9,14,24H,10-11H2,(H,21,22). The molecule has 6 nitrogen and oxygen atoms in total. The van der Waals surface area contributed by atoms with Gasteiger partial charge in [-0.3, -0.25) is 9.89 Å². The maximum absolute atomic E-state index is 12.5. The van der Waals surface area contributed by atoms with Gasteiger partial charge in [0.2, 0.25) is 0 Å². The average molecular weight is 370 g/mol. The van der Waals surface area contributed by atoms with Crippen molar-refractivity contribution in [3.8, 4) is 22.8 Å². The molecule has 0 saturated carbocycles. The summed E-state index contributed by atoms with van der Waals surface area (Å²) < 4.78 is 5.81. The Morgan fingerprint density at radius 3 is 2.65 bits per heavy atom. The van der Waals surface area contributed by atoms with Crippen molar-refractivity contribution in [2.24, 2.45) is 0 Å². The fourth-order valence-corrected chi connectivity index (χ4v) is 2.96. The van der Waals surface area contributed by atoms with Crippen LogP contribution in [0.2, 0.25) is 5.02 Å². The summed E-state index contributed by atoms with van der Waals surface area (Å²) in [6.45, 7) is 0.995. The quantitative estimate of drug-likeness (QED) is 0.739. The predicted molar refractivity (Wildman–Crippen MR) is 97.5 cm³/mol. The number of carbonyl (C=O) groups excluding carboxylic acids is 1. The van der Waals surface area contributed by atoms with Crippen molar-refractivity contribution in [3.05, 3.63) is 65.3 Å². The van der Waals surface area contributed by atoms with E-state index < -0.39 is 0 Å². The van der Waals surface area contributed by atoms with Gasteiger partial charge in [0.15, 0.2) is 0 Å². The zero-order chi connectivity index (χ0) is 18.1. The van der Waals surface area contributed by atoms with Gasteiger partial charge in [-0.2, -0.15) is 5.10 Å². The molecule has 3 aromatic rings. The number of nitrogens with zero attached hydrogens (tertiary/aromatic N) is 2. The monoisotopic (exact) mass is 369 g/mol. The van der Waals surface area contributed by atoms with Crippen LogP contribution in [0, 0.1) is 0 Å². The van der Waals surface area contributed by atoms with Gasteiger partial charge in [-0.15, -0.1) is 0 Å². The van der Waals surface area contributed by atoms with Gasteiger partial charge < -0.3 is 14.7 Å². The highest BCUT2D eigenvalue weighted by molar-refractivity contribution is 6.32. The van der Waals surface area contributed by atoms with Gasteiger partial charge in [-0.25, -0.2) is 0 Å². The Morgan fingerprint density at radius 1 is 1.19 bits per heavy atom. The SMILES string of the molecule is O=C(c1cc(-c2ccc(O)cc2)n[nH]1)N1CC(Oc2ccccc2Cl)C1. The number of nitrogens with one attached hydrogen (secondary N) is 1. The second kappa shape index (κ2) is 6.72. The number of ether oxygens (including phenoxy) is 1. The van der Waals surface area contributed by atoms with E-state index in [9.17, 15) is 9.90 Å². The van der Waals surface area contributed by atoms with Crippen LogP contribution in [0.3, 0.4) is 0 Å². The third-order valence-electron chi connectivity index (χ3n) is 4.24.